The molecule has 138 valence electrons. The molecular formula is C20H23ClN2O3. The summed E-state index contributed by atoms with van der Waals surface area (Å²) in [6, 6.07) is 13.1. The van der Waals surface area contributed by atoms with E-state index < -0.39 is 0 Å². The smallest absolute Gasteiger partial charge is 0.315 e. The van der Waals surface area contributed by atoms with Gasteiger partial charge in [-0.3, -0.25) is 0 Å². The molecule has 2 unspecified atom stereocenters. The Morgan fingerprint density at radius 3 is 2.96 bits per heavy atom. The number of benzene rings is 2. The summed E-state index contributed by atoms with van der Waals surface area (Å²) in [6.45, 7) is 2.51. The zero-order chi connectivity index (χ0) is 18.5. The standard InChI is InChI=1S/C20H23ClN2O3/c1-13(11-14-5-3-6-15(12-14)25-2)22-20(24)23-18-9-10-26-19-16(18)7-4-8-17(19)21/h3-8,12-13,18H,9-11H2,1-2H3,(H2,22,23,24). The molecule has 0 saturated heterocycles. The molecule has 6 heteroatoms. The Hall–Kier alpha value is -2.40. The quantitative estimate of drug-likeness (QED) is 0.828. The summed E-state index contributed by atoms with van der Waals surface area (Å²) in [5, 5.41) is 6.59. The predicted octanol–water partition coefficient (Wildman–Crippen LogP) is 4.10. The van der Waals surface area contributed by atoms with Crippen molar-refractivity contribution < 1.29 is 14.3 Å². The first kappa shape index (κ1) is 18.4. The van der Waals surface area contributed by atoms with E-state index in [0.717, 1.165) is 23.3 Å². The number of amides is 2. The molecule has 0 spiro atoms. The van der Waals surface area contributed by atoms with Crippen LogP contribution in [0, 0.1) is 0 Å². The van der Waals surface area contributed by atoms with E-state index in [9.17, 15) is 4.79 Å². The first-order valence-corrected chi connectivity index (χ1v) is 9.06. The minimum Gasteiger partial charge on any atom is -0.497 e. The Balaban J connectivity index is 1.58. The van der Waals surface area contributed by atoms with Crippen LogP contribution >= 0.6 is 11.6 Å². The van der Waals surface area contributed by atoms with Crippen LogP contribution in [0.3, 0.4) is 0 Å². The molecule has 0 radical (unpaired) electrons. The maximum atomic E-state index is 12.4. The van der Waals surface area contributed by atoms with Crippen LogP contribution in [0.4, 0.5) is 4.79 Å². The van der Waals surface area contributed by atoms with E-state index in [4.69, 9.17) is 21.1 Å². The van der Waals surface area contributed by atoms with Gasteiger partial charge >= 0.3 is 6.03 Å². The summed E-state index contributed by atoms with van der Waals surface area (Å²) >= 11 is 6.18. The van der Waals surface area contributed by atoms with Gasteiger partial charge in [0.1, 0.15) is 11.5 Å². The number of rotatable bonds is 5. The summed E-state index contributed by atoms with van der Waals surface area (Å²) in [4.78, 5) is 12.4. The molecule has 0 fully saturated rings. The third-order valence-corrected chi connectivity index (χ3v) is 4.68. The second kappa shape index (κ2) is 8.32. The lowest BCUT2D eigenvalue weighted by atomic mass is 10.0. The lowest BCUT2D eigenvalue weighted by molar-refractivity contribution is 0.221. The van der Waals surface area contributed by atoms with Gasteiger partial charge in [0.2, 0.25) is 0 Å². The molecular weight excluding hydrogens is 352 g/mol. The SMILES string of the molecule is COc1cccc(CC(C)NC(=O)NC2CCOc3c(Cl)cccc32)c1. The average molecular weight is 375 g/mol. The molecule has 5 nitrogen and oxygen atoms in total. The lowest BCUT2D eigenvalue weighted by Gasteiger charge is -2.28. The maximum Gasteiger partial charge on any atom is 0.315 e. The van der Waals surface area contributed by atoms with Gasteiger partial charge in [-0.2, -0.15) is 0 Å². The van der Waals surface area contributed by atoms with Gasteiger partial charge in [0.25, 0.3) is 0 Å². The summed E-state index contributed by atoms with van der Waals surface area (Å²) in [6.07, 6.45) is 1.44. The van der Waals surface area contributed by atoms with Crippen LogP contribution in [0.1, 0.15) is 30.5 Å². The molecule has 26 heavy (non-hydrogen) atoms. The molecule has 2 atom stereocenters. The van der Waals surface area contributed by atoms with E-state index >= 15 is 0 Å². The van der Waals surface area contributed by atoms with E-state index in [0.29, 0.717) is 23.8 Å². The molecule has 0 saturated carbocycles. The van der Waals surface area contributed by atoms with Gasteiger partial charge < -0.3 is 20.1 Å². The second-order valence-electron chi connectivity index (χ2n) is 6.42. The van der Waals surface area contributed by atoms with Gasteiger partial charge in [-0.1, -0.05) is 35.9 Å². The van der Waals surface area contributed by atoms with Crippen LogP contribution in [0.2, 0.25) is 5.02 Å². The highest BCUT2D eigenvalue weighted by Gasteiger charge is 2.25. The van der Waals surface area contributed by atoms with Crippen LogP contribution in [-0.4, -0.2) is 25.8 Å². The van der Waals surface area contributed by atoms with Crippen molar-refractivity contribution in [3.05, 3.63) is 58.6 Å². The van der Waals surface area contributed by atoms with Gasteiger partial charge in [0.05, 0.1) is 24.8 Å². The van der Waals surface area contributed by atoms with E-state index in [1.165, 1.54) is 0 Å². The summed E-state index contributed by atoms with van der Waals surface area (Å²) in [5.74, 6) is 1.48. The normalized spacial score (nSPS) is 16.8. The monoisotopic (exact) mass is 374 g/mol. The number of fused-ring (bicyclic) bond motifs is 1. The average Bonchev–Trinajstić information content (AvgIpc) is 2.62. The van der Waals surface area contributed by atoms with Crippen molar-refractivity contribution >= 4 is 17.6 Å². The van der Waals surface area contributed by atoms with Crippen LogP contribution in [0.5, 0.6) is 11.5 Å². The number of hydrogen-bond acceptors (Lipinski definition) is 3. The van der Waals surface area contributed by atoms with Crippen molar-refractivity contribution in [3.63, 3.8) is 0 Å². The van der Waals surface area contributed by atoms with Gasteiger partial charge in [-0.15, -0.1) is 0 Å². The zero-order valence-electron chi connectivity index (χ0n) is 14.9. The number of nitrogens with one attached hydrogen (secondary N) is 2. The van der Waals surface area contributed by atoms with Crippen LogP contribution in [0.25, 0.3) is 0 Å². The van der Waals surface area contributed by atoms with Crippen LogP contribution in [-0.2, 0) is 6.42 Å². The topological polar surface area (TPSA) is 59.6 Å². The Morgan fingerprint density at radius 1 is 1.35 bits per heavy atom. The largest absolute Gasteiger partial charge is 0.497 e. The molecule has 1 aliphatic heterocycles. The number of methoxy groups -OCH3 is 1. The number of halogens is 1. The molecule has 0 aliphatic carbocycles. The predicted molar refractivity (Wildman–Crippen MR) is 102 cm³/mol. The molecule has 0 bridgehead atoms. The molecule has 2 aromatic carbocycles. The number of urea groups is 1. The first-order valence-electron chi connectivity index (χ1n) is 8.68. The molecule has 1 heterocycles. The van der Waals surface area contributed by atoms with Gasteiger partial charge in [0.15, 0.2) is 0 Å². The minimum atomic E-state index is -0.196. The molecule has 1 aliphatic rings. The van der Waals surface area contributed by atoms with Crippen LogP contribution in [0.15, 0.2) is 42.5 Å². The van der Waals surface area contributed by atoms with E-state index in [1.54, 1.807) is 13.2 Å². The molecule has 2 N–H and O–H groups in total. The van der Waals surface area contributed by atoms with E-state index in [-0.39, 0.29) is 18.1 Å². The fraction of sp³-hybridized carbons (Fsp3) is 0.350. The van der Waals surface area contributed by atoms with Gasteiger partial charge in [-0.25, -0.2) is 4.79 Å². The Labute approximate surface area is 158 Å². The Morgan fingerprint density at radius 2 is 2.15 bits per heavy atom. The second-order valence-corrected chi connectivity index (χ2v) is 6.83. The number of carbonyl (C=O) groups is 1. The fourth-order valence-corrected chi connectivity index (χ4v) is 3.40. The van der Waals surface area contributed by atoms with Gasteiger partial charge in [-0.05, 0) is 37.1 Å². The van der Waals surface area contributed by atoms with Crippen molar-refractivity contribution in [1.29, 1.82) is 0 Å². The highest BCUT2D eigenvalue weighted by molar-refractivity contribution is 6.32. The van der Waals surface area contributed by atoms with Crippen molar-refractivity contribution in [2.24, 2.45) is 0 Å². The van der Waals surface area contributed by atoms with Crippen molar-refractivity contribution in [2.75, 3.05) is 13.7 Å². The molecule has 3 rings (SSSR count). The van der Waals surface area contributed by atoms with Crippen molar-refractivity contribution in [3.8, 4) is 11.5 Å². The molecule has 2 aromatic rings. The number of para-hydroxylation sites is 1. The summed E-state index contributed by atoms with van der Waals surface area (Å²) in [7, 11) is 1.65. The number of hydrogen-bond donors (Lipinski definition) is 2. The number of carbonyl (C=O) groups excluding carboxylic acids is 1. The van der Waals surface area contributed by atoms with Gasteiger partial charge in [0, 0.05) is 18.0 Å². The minimum absolute atomic E-state index is 0.0132. The third-order valence-electron chi connectivity index (χ3n) is 4.38. The fourth-order valence-electron chi connectivity index (χ4n) is 3.16. The molecule has 0 aromatic heterocycles. The van der Waals surface area contributed by atoms with E-state index in [2.05, 4.69) is 10.6 Å². The van der Waals surface area contributed by atoms with Crippen LogP contribution < -0.4 is 20.1 Å². The Bertz CT molecular complexity index is 781. The molecule has 2 amide bonds. The highest BCUT2D eigenvalue weighted by atomic mass is 35.5. The maximum absolute atomic E-state index is 12.4. The van der Waals surface area contributed by atoms with Crippen molar-refractivity contribution in [1.82, 2.24) is 10.6 Å². The Kier molecular flexibility index (Phi) is 5.89. The lowest BCUT2D eigenvalue weighted by Crippen LogP contribution is -2.44. The highest BCUT2D eigenvalue weighted by Crippen LogP contribution is 2.37. The number of ether oxygens (including phenoxy) is 2. The van der Waals surface area contributed by atoms with Crippen molar-refractivity contribution in [2.45, 2.75) is 31.8 Å². The summed E-state index contributed by atoms with van der Waals surface area (Å²) < 4.78 is 10.9. The first-order chi connectivity index (χ1) is 12.6. The van der Waals surface area contributed by atoms with E-state index in [1.807, 2.05) is 43.3 Å². The third kappa shape index (κ3) is 4.41. The summed E-state index contributed by atoms with van der Waals surface area (Å²) in [5.41, 5.74) is 2.03. The zero-order valence-corrected chi connectivity index (χ0v) is 15.7.